The number of ether oxygens (including phenoxy) is 1. The number of alkyl halides is 2. The minimum atomic E-state index is -2.87. The van der Waals surface area contributed by atoms with Crippen molar-refractivity contribution in [1.82, 2.24) is 0 Å². The van der Waals surface area contributed by atoms with E-state index in [2.05, 4.69) is 38.2 Å². The predicted octanol–water partition coefficient (Wildman–Crippen LogP) is 11.7. The molecule has 2 unspecified atom stereocenters. The zero-order chi connectivity index (χ0) is 28.3. The van der Waals surface area contributed by atoms with Gasteiger partial charge in [-0.25, -0.2) is 13.2 Å². The van der Waals surface area contributed by atoms with Crippen molar-refractivity contribution >= 4 is 0 Å². The average Bonchev–Trinajstić information content (AvgIpc) is 2.97. The Morgan fingerprint density at radius 3 is 2.20 bits per heavy atom. The summed E-state index contributed by atoms with van der Waals surface area (Å²) in [5, 5.41) is 0. The third-order valence-electron chi connectivity index (χ3n) is 10.0. The van der Waals surface area contributed by atoms with Gasteiger partial charge in [0.25, 0.3) is 6.43 Å². The van der Waals surface area contributed by atoms with E-state index < -0.39 is 17.8 Å². The van der Waals surface area contributed by atoms with Crippen molar-refractivity contribution in [2.75, 3.05) is 6.61 Å². The van der Waals surface area contributed by atoms with E-state index in [1.807, 2.05) is 0 Å². The van der Waals surface area contributed by atoms with E-state index in [0.717, 1.165) is 57.3 Å². The van der Waals surface area contributed by atoms with Gasteiger partial charge in [0.2, 0.25) is 0 Å². The summed E-state index contributed by atoms with van der Waals surface area (Å²) in [7, 11) is 0. The van der Waals surface area contributed by atoms with Gasteiger partial charge in [-0.05, 0) is 118 Å². The molecule has 2 fully saturated rings. The van der Waals surface area contributed by atoms with Crippen LogP contribution in [0.15, 0.2) is 36.4 Å². The van der Waals surface area contributed by atoms with Crippen LogP contribution in [0.1, 0.15) is 140 Å². The van der Waals surface area contributed by atoms with Crippen molar-refractivity contribution in [3.8, 4) is 5.75 Å². The molecule has 224 valence electrons. The maximum absolute atomic E-state index is 15.5. The molecule has 0 heterocycles. The van der Waals surface area contributed by atoms with Gasteiger partial charge in [-0.2, -0.15) is 0 Å². The lowest BCUT2D eigenvalue weighted by atomic mass is 9.76. The fourth-order valence-corrected chi connectivity index (χ4v) is 7.41. The molecular formula is C36H53F3O. The molecule has 4 rings (SSSR count). The molecule has 1 nitrogen and oxygen atoms in total. The first kappa shape index (κ1) is 31.2. The van der Waals surface area contributed by atoms with Crippen molar-refractivity contribution in [1.29, 1.82) is 0 Å². The number of hydrogen-bond donors (Lipinski definition) is 0. The summed E-state index contributed by atoms with van der Waals surface area (Å²) in [6, 6.07) is 3.34. The summed E-state index contributed by atoms with van der Waals surface area (Å²) in [6.07, 6.45) is 25.1. The number of benzene rings is 1. The van der Waals surface area contributed by atoms with Gasteiger partial charge >= 0.3 is 0 Å². The molecule has 3 aliphatic carbocycles. The van der Waals surface area contributed by atoms with Crippen LogP contribution < -0.4 is 4.74 Å². The number of allylic oxidation sites excluding steroid dienone is 4. The van der Waals surface area contributed by atoms with E-state index in [0.29, 0.717) is 35.8 Å². The van der Waals surface area contributed by atoms with Crippen LogP contribution in [-0.4, -0.2) is 6.61 Å². The monoisotopic (exact) mass is 558 g/mol. The second-order valence-electron chi connectivity index (χ2n) is 13.0. The summed E-state index contributed by atoms with van der Waals surface area (Å²) < 4.78 is 49.5. The molecule has 2 saturated carbocycles. The second kappa shape index (κ2) is 16.1. The molecule has 1 aromatic carbocycles. The van der Waals surface area contributed by atoms with Crippen LogP contribution in [0.2, 0.25) is 0 Å². The highest BCUT2D eigenvalue weighted by atomic mass is 19.3. The number of rotatable bonds is 13. The molecule has 0 aliphatic heterocycles. The second-order valence-corrected chi connectivity index (χ2v) is 13.0. The van der Waals surface area contributed by atoms with E-state index in [-0.39, 0.29) is 11.7 Å². The molecule has 0 radical (unpaired) electrons. The Hall–Kier alpha value is -1.71. The standard InChI is InChI=1S/C36H53F3O/c1-3-5-6-8-27-19-21-31(22-20-27)32-23-24-33(34(35(32)37)36(38)39)40-25-30-17-15-29(16-18-30)14-13-28-11-9-26(7-4-2)10-12-28/h9,11,13-14,23-24,26-31,36H,3-8,10,12,15-22,25H2,1-2H3. The van der Waals surface area contributed by atoms with Crippen LogP contribution in [0.25, 0.3) is 0 Å². The highest BCUT2D eigenvalue weighted by Crippen LogP contribution is 2.43. The molecule has 0 aromatic heterocycles. The van der Waals surface area contributed by atoms with Crippen molar-refractivity contribution in [2.24, 2.45) is 29.6 Å². The highest BCUT2D eigenvalue weighted by Gasteiger charge is 2.30. The minimum Gasteiger partial charge on any atom is -0.493 e. The topological polar surface area (TPSA) is 9.23 Å². The molecule has 1 aromatic rings. The van der Waals surface area contributed by atoms with E-state index in [1.54, 1.807) is 12.1 Å². The Morgan fingerprint density at radius 1 is 0.800 bits per heavy atom. The zero-order valence-electron chi connectivity index (χ0n) is 25.1. The Bertz CT molecular complexity index is 938. The molecule has 0 N–H and O–H groups in total. The van der Waals surface area contributed by atoms with Crippen LogP contribution in [-0.2, 0) is 0 Å². The lowest BCUT2D eigenvalue weighted by Gasteiger charge is -2.30. The van der Waals surface area contributed by atoms with Gasteiger partial charge in [-0.15, -0.1) is 0 Å². The number of halogens is 3. The van der Waals surface area contributed by atoms with E-state index >= 15 is 4.39 Å². The average molecular weight is 559 g/mol. The Labute approximate surface area is 242 Å². The minimum absolute atomic E-state index is 0.0389. The van der Waals surface area contributed by atoms with Crippen LogP contribution in [0.5, 0.6) is 5.75 Å². The highest BCUT2D eigenvalue weighted by molar-refractivity contribution is 5.41. The third-order valence-corrected chi connectivity index (χ3v) is 10.0. The molecular weight excluding hydrogens is 505 g/mol. The first-order valence-corrected chi connectivity index (χ1v) is 16.6. The van der Waals surface area contributed by atoms with Gasteiger partial charge < -0.3 is 4.74 Å². The fourth-order valence-electron chi connectivity index (χ4n) is 7.41. The van der Waals surface area contributed by atoms with Crippen molar-refractivity contribution < 1.29 is 17.9 Å². The fraction of sp³-hybridized carbons (Fsp3) is 0.722. The summed E-state index contributed by atoms with van der Waals surface area (Å²) in [6.45, 7) is 4.87. The van der Waals surface area contributed by atoms with Gasteiger partial charge in [0.05, 0.1) is 12.2 Å². The molecule has 4 heteroatoms. The molecule has 0 saturated heterocycles. The maximum atomic E-state index is 15.5. The van der Waals surface area contributed by atoms with Gasteiger partial charge in [-0.3, -0.25) is 0 Å². The molecule has 0 spiro atoms. The summed E-state index contributed by atoms with van der Waals surface area (Å²) in [4.78, 5) is 0. The molecule has 40 heavy (non-hydrogen) atoms. The van der Waals surface area contributed by atoms with Crippen LogP contribution in [0, 0.1) is 35.4 Å². The normalized spacial score (nSPS) is 29.4. The SMILES string of the molecule is CCCCCC1CCC(c2ccc(OCC3CCC(C=CC4C=CC(CCC)CC4)CC3)c(C(F)F)c2F)CC1. The maximum Gasteiger partial charge on any atom is 0.270 e. The van der Waals surface area contributed by atoms with E-state index in [9.17, 15) is 8.78 Å². The molecule has 2 atom stereocenters. The lowest BCUT2D eigenvalue weighted by Crippen LogP contribution is -2.20. The molecule has 3 aliphatic rings. The number of hydrogen-bond acceptors (Lipinski definition) is 1. The first-order valence-electron chi connectivity index (χ1n) is 16.6. The Morgan fingerprint density at radius 2 is 1.55 bits per heavy atom. The van der Waals surface area contributed by atoms with Gasteiger partial charge in [0.1, 0.15) is 11.6 Å². The largest absolute Gasteiger partial charge is 0.493 e. The van der Waals surface area contributed by atoms with Crippen LogP contribution >= 0.6 is 0 Å². The smallest absolute Gasteiger partial charge is 0.270 e. The quantitative estimate of drug-likeness (QED) is 0.173. The van der Waals surface area contributed by atoms with E-state index in [1.165, 1.54) is 51.4 Å². The number of unbranched alkanes of at least 4 members (excludes halogenated alkanes) is 2. The summed E-state index contributed by atoms with van der Waals surface area (Å²) in [5.74, 6) is 2.32. The summed E-state index contributed by atoms with van der Waals surface area (Å²) in [5.41, 5.74) is -0.0588. The first-order chi connectivity index (χ1) is 19.5. The lowest BCUT2D eigenvalue weighted by molar-refractivity contribution is 0.133. The predicted molar refractivity (Wildman–Crippen MR) is 161 cm³/mol. The molecule has 0 bridgehead atoms. The van der Waals surface area contributed by atoms with Crippen LogP contribution in [0.4, 0.5) is 13.2 Å². The van der Waals surface area contributed by atoms with E-state index in [4.69, 9.17) is 4.74 Å². The summed E-state index contributed by atoms with van der Waals surface area (Å²) >= 11 is 0. The van der Waals surface area contributed by atoms with Crippen molar-refractivity contribution in [3.05, 3.63) is 53.4 Å². The van der Waals surface area contributed by atoms with Gasteiger partial charge in [0.15, 0.2) is 0 Å². The van der Waals surface area contributed by atoms with Gasteiger partial charge in [-0.1, -0.05) is 76.3 Å². The Kier molecular flexibility index (Phi) is 12.5. The van der Waals surface area contributed by atoms with Crippen LogP contribution in [0.3, 0.4) is 0 Å². The third kappa shape index (κ3) is 8.89. The van der Waals surface area contributed by atoms with Crippen molar-refractivity contribution in [2.45, 2.75) is 129 Å². The zero-order valence-corrected chi connectivity index (χ0v) is 25.1. The Balaban J connectivity index is 1.25. The van der Waals surface area contributed by atoms with Gasteiger partial charge in [0, 0.05) is 0 Å². The molecule has 0 amide bonds. The van der Waals surface area contributed by atoms with Crippen molar-refractivity contribution in [3.63, 3.8) is 0 Å².